The van der Waals surface area contributed by atoms with E-state index < -0.39 is 5.92 Å². The Morgan fingerprint density at radius 3 is 2.23 bits per heavy atom. The lowest BCUT2D eigenvalue weighted by atomic mass is 10.1. The van der Waals surface area contributed by atoms with E-state index in [0.717, 1.165) is 16.8 Å². The van der Waals surface area contributed by atoms with Gasteiger partial charge in [0.1, 0.15) is 0 Å². The monoisotopic (exact) mass is 350 g/mol. The summed E-state index contributed by atoms with van der Waals surface area (Å²) in [6, 6.07) is 12.7. The van der Waals surface area contributed by atoms with Crippen molar-refractivity contribution in [2.45, 2.75) is 27.2 Å². The van der Waals surface area contributed by atoms with Gasteiger partial charge in [0.15, 0.2) is 5.78 Å². The number of carbonyl (C=O) groups is 3. The molecule has 0 radical (unpaired) electrons. The van der Waals surface area contributed by atoms with Crippen molar-refractivity contribution in [2.24, 2.45) is 5.92 Å². The van der Waals surface area contributed by atoms with Gasteiger partial charge in [-0.1, -0.05) is 18.2 Å². The quantitative estimate of drug-likeness (QED) is 0.858. The Balaban J connectivity index is 1.72. The van der Waals surface area contributed by atoms with Crippen molar-refractivity contribution in [3.05, 3.63) is 59.2 Å². The zero-order chi connectivity index (χ0) is 18.8. The summed E-state index contributed by atoms with van der Waals surface area (Å²) in [7, 11) is 0. The fourth-order valence-electron chi connectivity index (χ4n) is 3.36. The highest BCUT2D eigenvalue weighted by Crippen LogP contribution is 2.31. The summed E-state index contributed by atoms with van der Waals surface area (Å²) in [6.07, 6.45) is 0.200. The lowest BCUT2D eigenvalue weighted by Gasteiger charge is -2.21. The lowest BCUT2D eigenvalue weighted by Crippen LogP contribution is -2.29. The summed E-state index contributed by atoms with van der Waals surface area (Å²) in [6.45, 7) is 5.82. The Kier molecular flexibility index (Phi) is 4.89. The van der Waals surface area contributed by atoms with Crippen molar-refractivity contribution in [2.75, 3.05) is 16.8 Å². The van der Waals surface area contributed by atoms with E-state index in [2.05, 4.69) is 5.32 Å². The molecule has 1 atom stereocenters. The van der Waals surface area contributed by atoms with E-state index in [4.69, 9.17) is 0 Å². The van der Waals surface area contributed by atoms with Gasteiger partial charge in [-0.3, -0.25) is 14.4 Å². The van der Waals surface area contributed by atoms with Crippen LogP contribution in [0.4, 0.5) is 11.4 Å². The minimum atomic E-state index is -0.394. The molecule has 0 aromatic heterocycles. The van der Waals surface area contributed by atoms with E-state index in [-0.39, 0.29) is 24.0 Å². The molecule has 134 valence electrons. The number of benzene rings is 2. The van der Waals surface area contributed by atoms with Crippen LogP contribution in [0.3, 0.4) is 0 Å². The summed E-state index contributed by atoms with van der Waals surface area (Å²) in [5.74, 6) is -0.625. The number of rotatable bonds is 4. The van der Waals surface area contributed by atoms with Crippen molar-refractivity contribution in [3.63, 3.8) is 0 Å². The summed E-state index contributed by atoms with van der Waals surface area (Å²) < 4.78 is 0. The summed E-state index contributed by atoms with van der Waals surface area (Å²) >= 11 is 0. The molecule has 0 aliphatic carbocycles. The Bertz CT molecular complexity index is 851. The van der Waals surface area contributed by atoms with Crippen molar-refractivity contribution < 1.29 is 14.4 Å². The number of hydrogen-bond donors (Lipinski definition) is 1. The van der Waals surface area contributed by atoms with E-state index in [1.54, 1.807) is 29.2 Å². The van der Waals surface area contributed by atoms with Crippen LogP contribution >= 0.6 is 0 Å². The zero-order valence-corrected chi connectivity index (χ0v) is 15.2. The molecule has 1 aliphatic rings. The Labute approximate surface area is 153 Å². The number of Topliss-reactive ketones (excluding diaryl/α,β-unsaturated/α-hetero) is 1. The van der Waals surface area contributed by atoms with Crippen LogP contribution in [-0.4, -0.2) is 24.1 Å². The molecule has 1 aliphatic heterocycles. The fourth-order valence-corrected chi connectivity index (χ4v) is 3.36. The van der Waals surface area contributed by atoms with Crippen molar-refractivity contribution in [3.8, 4) is 0 Å². The standard InChI is InChI=1S/C21H22N2O3/c1-13-5-4-6-14(2)20(13)23-12-17(11-19(23)25)21(26)22-18-9-7-16(8-10-18)15(3)24/h4-10,17H,11-12H2,1-3H3,(H,22,26)/t17-/m1/s1. The third kappa shape index (κ3) is 3.52. The minimum absolute atomic E-state index is 0.0199. The predicted molar refractivity (Wildman–Crippen MR) is 101 cm³/mol. The summed E-state index contributed by atoms with van der Waals surface area (Å²) in [5.41, 5.74) is 4.18. The van der Waals surface area contributed by atoms with Gasteiger partial charge in [-0.2, -0.15) is 0 Å². The molecule has 3 rings (SSSR count). The smallest absolute Gasteiger partial charge is 0.229 e. The Morgan fingerprint density at radius 2 is 1.65 bits per heavy atom. The van der Waals surface area contributed by atoms with E-state index >= 15 is 0 Å². The zero-order valence-electron chi connectivity index (χ0n) is 15.2. The van der Waals surface area contributed by atoms with E-state index in [1.807, 2.05) is 32.0 Å². The highest BCUT2D eigenvalue weighted by atomic mass is 16.2. The number of amides is 2. The van der Waals surface area contributed by atoms with Gasteiger partial charge >= 0.3 is 0 Å². The largest absolute Gasteiger partial charge is 0.326 e. The molecule has 26 heavy (non-hydrogen) atoms. The average Bonchev–Trinajstić information content (AvgIpc) is 2.97. The van der Waals surface area contributed by atoms with Crippen molar-refractivity contribution in [1.82, 2.24) is 0 Å². The molecule has 0 unspecified atom stereocenters. The van der Waals surface area contributed by atoms with Crippen LogP contribution in [0, 0.1) is 19.8 Å². The first kappa shape index (κ1) is 17.9. The Morgan fingerprint density at radius 1 is 1.04 bits per heavy atom. The second kappa shape index (κ2) is 7.12. The van der Waals surface area contributed by atoms with Crippen LogP contribution < -0.4 is 10.2 Å². The van der Waals surface area contributed by atoms with E-state index in [0.29, 0.717) is 17.8 Å². The molecule has 1 saturated heterocycles. The number of ketones is 1. The Hall–Kier alpha value is -2.95. The van der Waals surface area contributed by atoms with Gasteiger partial charge in [-0.25, -0.2) is 0 Å². The molecule has 0 spiro atoms. The number of para-hydroxylation sites is 1. The maximum Gasteiger partial charge on any atom is 0.229 e. The molecule has 0 saturated carbocycles. The number of nitrogens with zero attached hydrogens (tertiary/aromatic N) is 1. The summed E-state index contributed by atoms with van der Waals surface area (Å²) in [4.78, 5) is 38.1. The molecular formula is C21H22N2O3. The minimum Gasteiger partial charge on any atom is -0.326 e. The first-order chi connectivity index (χ1) is 12.4. The van der Waals surface area contributed by atoms with Crippen LogP contribution in [0.2, 0.25) is 0 Å². The molecule has 5 heteroatoms. The topological polar surface area (TPSA) is 66.5 Å². The van der Waals surface area contributed by atoms with Crippen LogP contribution in [0.1, 0.15) is 34.8 Å². The third-order valence-electron chi connectivity index (χ3n) is 4.76. The number of hydrogen-bond acceptors (Lipinski definition) is 3. The van der Waals surface area contributed by atoms with E-state index in [1.165, 1.54) is 6.92 Å². The van der Waals surface area contributed by atoms with Crippen LogP contribution in [0.25, 0.3) is 0 Å². The third-order valence-corrected chi connectivity index (χ3v) is 4.76. The maximum atomic E-state index is 12.6. The molecule has 1 N–H and O–H groups in total. The van der Waals surface area contributed by atoms with Gasteiger partial charge < -0.3 is 10.2 Å². The fraction of sp³-hybridized carbons (Fsp3) is 0.286. The molecule has 2 amide bonds. The first-order valence-electron chi connectivity index (χ1n) is 8.65. The molecule has 1 heterocycles. The molecule has 2 aromatic rings. The van der Waals surface area contributed by atoms with Crippen molar-refractivity contribution >= 4 is 29.0 Å². The molecule has 5 nitrogen and oxygen atoms in total. The van der Waals surface area contributed by atoms with Gasteiger partial charge in [0.05, 0.1) is 5.92 Å². The van der Waals surface area contributed by atoms with Gasteiger partial charge in [0.25, 0.3) is 0 Å². The SMILES string of the molecule is CC(=O)c1ccc(NC(=O)[C@@H]2CC(=O)N(c3c(C)cccc3C)C2)cc1. The van der Waals surface area contributed by atoms with Crippen LogP contribution in [0.5, 0.6) is 0 Å². The first-order valence-corrected chi connectivity index (χ1v) is 8.65. The number of nitrogens with one attached hydrogen (secondary N) is 1. The van der Waals surface area contributed by atoms with Crippen molar-refractivity contribution in [1.29, 1.82) is 0 Å². The number of carbonyl (C=O) groups excluding carboxylic acids is 3. The molecular weight excluding hydrogens is 328 g/mol. The molecule has 1 fully saturated rings. The second-order valence-electron chi connectivity index (χ2n) is 6.77. The van der Waals surface area contributed by atoms with Gasteiger partial charge in [-0.05, 0) is 56.2 Å². The van der Waals surface area contributed by atoms with Gasteiger partial charge in [0.2, 0.25) is 11.8 Å². The van der Waals surface area contributed by atoms with Crippen LogP contribution in [-0.2, 0) is 9.59 Å². The summed E-state index contributed by atoms with van der Waals surface area (Å²) in [5, 5.41) is 2.84. The lowest BCUT2D eigenvalue weighted by molar-refractivity contribution is -0.122. The number of aryl methyl sites for hydroxylation is 2. The van der Waals surface area contributed by atoms with Gasteiger partial charge in [0, 0.05) is 29.9 Å². The maximum absolute atomic E-state index is 12.6. The highest BCUT2D eigenvalue weighted by molar-refractivity contribution is 6.04. The second-order valence-corrected chi connectivity index (χ2v) is 6.77. The normalized spacial score (nSPS) is 16.7. The molecule has 2 aromatic carbocycles. The van der Waals surface area contributed by atoms with Gasteiger partial charge in [-0.15, -0.1) is 0 Å². The van der Waals surface area contributed by atoms with E-state index in [9.17, 15) is 14.4 Å². The number of anilines is 2. The highest BCUT2D eigenvalue weighted by Gasteiger charge is 2.36. The van der Waals surface area contributed by atoms with Crippen LogP contribution in [0.15, 0.2) is 42.5 Å². The molecule has 0 bridgehead atoms. The average molecular weight is 350 g/mol. The predicted octanol–water partition coefficient (Wildman–Crippen LogP) is 3.50.